The zero-order chi connectivity index (χ0) is 16.7. The third-order valence-corrected chi connectivity index (χ3v) is 5.72. The molecule has 0 saturated heterocycles. The lowest BCUT2D eigenvalue weighted by molar-refractivity contribution is 0.575. The molecule has 0 spiro atoms. The molecule has 0 radical (unpaired) electrons. The number of nitrogens with two attached hydrogens (primary N) is 1. The molecule has 9 heteroatoms. The summed E-state index contributed by atoms with van der Waals surface area (Å²) in [5.74, 6) is 0.127. The average Bonchev–Trinajstić information content (AvgIpc) is 2.92. The highest BCUT2D eigenvalue weighted by Crippen LogP contribution is 2.29. The average molecular weight is 391 g/mol. The second kappa shape index (κ2) is 9.93. The first-order chi connectivity index (χ1) is 11.0. The van der Waals surface area contributed by atoms with Crippen LogP contribution in [0.5, 0.6) is 0 Å². The van der Waals surface area contributed by atoms with E-state index in [1.54, 1.807) is 13.1 Å². The predicted molar refractivity (Wildman–Crippen MR) is 102 cm³/mol. The van der Waals surface area contributed by atoms with E-state index >= 15 is 0 Å². The Morgan fingerprint density at radius 2 is 2.04 bits per heavy atom. The van der Waals surface area contributed by atoms with Crippen molar-refractivity contribution in [1.29, 1.82) is 0 Å². The quantitative estimate of drug-likeness (QED) is 0.641. The number of aromatic nitrogens is 2. The van der Waals surface area contributed by atoms with Crippen LogP contribution >= 0.6 is 23.7 Å². The topological polar surface area (TPSA) is 98.0 Å². The van der Waals surface area contributed by atoms with Crippen molar-refractivity contribution < 1.29 is 8.42 Å². The first kappa shape index (κ1) is 20.8. The molecule has 6 nitrogen and oxygen atoms in total. The molecular weight excluding hydrogens is 368 g/mol. The molecular formula is C15H23ClN4O2S2. The van der Waals surface area contributed by atoms with Crippen molar-refractivity contribution in [3.8, 4) is 11.4 Å². The minimum atomic E-state index is -3.08. The number of pyridine rings is 1. The number of thiazole rings is 1. The summed E-state index contributed by atoms with van der Waals surface area (Å²) in [5.41, 5.74) is 7.57. The molecule has 0 saturated carbocycles. The Hall–Kier alpha value is -1.22. The van der Waals surface area contributed by atoms with Crippen LogP contribution in [0.3, 0.4) is 0 Å². The lowest BCUT2D eigenvalue weighted by atomic mass is 10.2. The Morgan fingerprint density at radius 3 is 2.71 bits per heavy atom. The Labute approximate surface area is 153 Å². The number of hydrogen-bond acceptors (Lipinski definition) is 6. The molecule has 0 bridgehead atoms. The summed E-state index contributed by atoms with van der Waals surface area (Å²) >= 11 is 1.50. The number of anilines is 1. The normalized spacial score (nSPS) is 11.2. The number of nitrogens with zero attached hydrogens (tertiary/aromatic N) is 2. The first-order valence-electron chi connectivity index (χ1n) is 7.65. The fraction of sp³-hybridized carbons (Fsp3) is 0.467. The third kappa shape index (κ3) is 6.35. The van der Waals surface area contributed by atoms with Gasteiger partial charge in [0, 0.05) is 12.7 Å². The van der Waals surface area contributed by atoms with Crippen molar-refractivity contribution in [1.82, 2.24) is 14.7 Å². The molecule has 3 N–H and O–H groups in total. The zero-order valence-electron chi connectivity index (χ0n) is 13.6. The van der Waals surface area contributed by atoms with E-state index in [0.717, 1.165) is 42.1 Å². The van der Waals surface area contributed by atoms with E-state index in [1.165, 1.54) is 11.3 Å². The smallest absolute Gasteiger partial charge is 0.211 e. The Balaban J connectivity index is 0.00000288. The maximum atomic E-state index is 11.3. The second-order valence-electron chi connectivity index (χ2n) is 5.14. The van der Waals surface area contributed by atoms with E-state index < -0.39 is 10.0 Å². The molecule has 2 rings (SSSR count). The van der Waals surface area contributed by atoms with Gasteiger partial charge in [0.05, 0.1) is 16.5 Å². The highest BCUT2D eigenvalue weighted by Gasteiger charge is 2.11. The van der Waals surface area contributed by atoms with Gasteiger partial charge in [0.15, 0.2) is 0 Å². The maximum absolute atomic E-state index is 11.3. The molecule has 0 atom stereocenters. The molecule has 2 heterocycles. The van der Waals surface area contributed by atoms with Gasteiger partial charge in [-0.05, 0) is 38.3 Å². The monoisotopic (exact) mass is 390 g/mol. The van der Waals surface area contributed by atoms with Crippen molar-refractivity contribution >= 4 is 38.8 Å². The molecule has 134 valence electrons. The highest BCUT2D eigenvalue weighted by molar-refractivity contribution is 7.89. The SMILES string of the molecule is CCS(=O)(=O)NCCCCCc1nc(-c2ccccn2)c(N)s1.Cl. The van der Waals surface area contributed by atoms with E-state index in [4.69, 9.17) is 5.73 Å². The van der Waals surface area contributed by atoms with Gasteiger partial charge in [-0.25, -0.2) is 18.1 Å². The fourth-order valence-electron chi connectivity index (χ4n) is 2.08. The van der Waals surface area contributed by atoms with Crippen molar-refractivity contribution in [2.24, 2.45) is 0 Å². The van der Waals surface area contributed by atoms with Gasteiger partial charge in [-0.3, -0.25) is 4.98 Å². The Morgan fingerprint density at radius 1 is 1.25 bits per heavy atom. The van der Waals surface area contributed by atoms with Gasteiger partial charge in [-0.15, -0.1) is 23.7 Å². The van der Waals surface area contributed by atoms with Gasteiger partial charge in [-0.1, -0.05) is 12.5 Å². The van der Waals surface area contributed by atoms with Crippen LogP contribution in [0.1, 0.15) is 31.2 Å². The number of rotatable bonds is 9. The van der Waals surface area contributed by atoms with Crippen LogP contribution in [0.4, 0.5) is 5.00 Å². The zero-order valence-corrected chi connectivity index (χ0v) is 16.0. The lowest BCUT2D eigenvalue weighted by Gasteiger charge is -2.03. The predicted octanol–water partition coefficient (Wildman–Crippen LogP) is 2.86. The molecule has 24 heavy (non-hydrogen) atoms. The van der Waals surface area contributed by atoms with E-state index in [1.807, 2.05) is 18.2 Å². The highest BCUT2D eigenvalue weighted by atomic mass is 35.5. The largest absolute Gasteiger partial charge is 0.389 e. The summed E-state index contributed by atoms with van der Waals surface area (Å²) in [6.45, 7) is 2.13. The fourth-order valence-corrected chi connectivity index (χ4v) is 3.62. The second-order valence-corrected chi connectivity index (χ2v) is 8.35. The van der Waals surface area contributed by atoms with Crippen LogP contribution in [0.15, 0.2) is 24.4 Å². The van der Waals surface area contributed by atoms with Gasteiger partial charge < -0.3 is 5.73 Å². The maximum Gasteiger partial charge on any atom is 0.211 e. The molecule has 0 aliphatic heterocycles. The van der Waals surface area contributed by atoms with Crippen LogP contribution in [0, 0.1) is 0 Å². The molecule has 0 amide bonds. The van der Waals surface area contributed by atoms with Crippen LogP contribution in [0.2, 0.25) is 0 Å². The summed E-state index contributed by atoms with van der Waals surface area (Å²) in [5, 5.41) is 1.69. The molecule has 0 aromatic carbocycles. The van der Waals surface area contributed by atoms with Gasteiger partial charge in [-0.2, -0.15) is 0 Å². The van der Waals surface area contributed by atoms with Crippen molar-refractivity contribution in [3.05, 3.63) is 29.4 Å². The summed E-state index contributed by atoms with van der Waals surface area (Å²) in [4.78, 5) is 8.84. The minimum Gasteiger partial charge on any atom is -0.389 e. The van der Waals surface area contributed by atoms with Crippen LogP contribution < -0.4 is 10.5 Å². The Kier molecular flexibility index (Phi) is 8.61. The van der Waals surface area contributed by atoms with Crippen molar-refractivity contribution in [3.63, 3.8) is 0 Å². The molecule has 0 fully saturated rings. The number of hydrogen-bond donors (Lipinski definition) is 2. The van der Waals surface area contributed by atoms with Crippen molar-refractivity contribution in [2.75, 3.05) is 18.0 Å². The number of nitrogens with one attached hydrogen (secondary N) is 1. The number of unbranched alkanes of at least 4 members (excludes halogenated alkanes) is 2. The summed E-state index contributed by atoms with van der Waals surface area (Å²) in [6, 6.07) is 5.67. The van der Waals surface area contributed by atoms with E-state index in [0.29, 0.717) is 11.5 Å². The molecule has 0 aliphatic rings. The van der Waals surface area contributed by atoms with Crippen molar-refractivity contribution in [2.45, 2.75) is 32.6 Å². The number of halogens is 1. The minimum absolute atomic E-state index is 0. The van der Waals surface area contributed by atoms with Gasteiger partial charge in [0.25, 0.3) is 0 Å². The molecule has 2 aromatic rings. The van der Waals surface area contributed by atoms with Crippen LogP contribution in [0.25, 0.3) is 11.4 Å². The van der Waals surface area contributed by atoms with E-state index in [-0.39, 0.29) is 18.2 Å². The lowest BCUT2D eigenvalue weighted by Crippen LogP contribution is -2.26. The number of aryl methyl sites for hydroxylation is 1. The Bertz CT molecular complexity index is 720. The van der Waals surface area contributed by atoms with Crippen LogP contribution in [-0.2, 0) is 16.4 Å². The summed E-state index contributed by atoms with van der Waals surface area (Å²) < 4.78 is 25.2. The van der Waals surface area contributed by atoms with Gasteiger partial charge in [0.1, 0.15) is 10.7 Å². The standard InChI is InChI=1S/C15H22N4O2S2.ClH/c1-2-23(20,21)18-11-6-3-4-9-13-19-14(15(16)22-13)12-8-5-7-10-17-12;/h5,7-8,10,18H,2-4,6,9,11,16H2,1H3;1H. The van der Waals surface area contributed by atoms with Gasteiger partial charge in [0.2, 0.25) is 10.0 Å². The molecule has 0 unspecified atom stereocenters. The summed E-state index contributed by atoms with van der Waals surface area (Å²) in [6.07, 6.45) is 5.31. The van der Waals surface area contributed by atoms with Crippen LogP contribution in [-0.4, -0.2) is 30.7 Å². The van der Waals surface area contributed by atoms with Gasteiger partial charge >= 0.3 is 0 Å². The first-order valence-corrected chi connectivity index (χ1v) is 10.1. The van der Waals surface area contributed by atoms with E-state index in [2.05, 4.69) is 14.7 Å². The number of nitrogen functional groups attached to an aromatic ring is 1. The molecule has 0 aliphatic carbocycles. The summed E-state index contributed by atoms with van der Waals surface area (Å²) in [7, 11) is -3.08. The van der Waals surface area contributed by atoms with E-state index in [9.17, 15) is 8.42 Å². The number of sulfonamides is 1. The third-order valence-electron chi connectivity index (χ3n) is 3.37. The molecule has 2 aromatic heterocycles.